The molecule has 2 aromatic carbocycles. The van der Waals surface area contributed by atoms with Crippen molar-refractivity contribution in [3.63, 3.8) is 0 Å². The Hall–Kier alpha value is -3.76. The molecule has 0 bridgehead atoms. The summed E-state index contributed by atoms with van der Waals surface area (Å²) >= 11 is 0. The number of halogens is 3. The average molecular weight is 425 g/mol. The maximum atomic E-state index is 12.5. The van der Waals surface area contributed by atoms with Crippen molar-refractivity contribution in [2.45, 2.75) is 19.7 Å². The van der Waals surface area contributed by atoms with Gasteiger partial charge in [-0.25, -0.2) is 4.79 Å². The Morgan fingerprint density at radius 1 is 1.10 bits per heavy atom. The van der Waals surface area contributed by atoms with Crippen LogP contribution in [0.5, 0.6) is 5.75 Å². The molecular weight excluding hydrogens is 407 g/mol. The Morgan fingerprint density at radius 2 is 1.73 bits per heavy atom. The van der Waals surface area contributed by atoms with Crippen molar-refractivity contribution in [1.29, 1.82) is 0 Å². The number of hydrogen-bond acceptors (Lipinski definition) is 6. The van der Waals surface area contributed by atoms with Gasteiger partial charge in [0.05, 0.1) is 11.3 Å². The number of nitrogens with zero attached hydrogens (tertiary/aromatic N) is 2. The first-order valence-electron chi connectivity index (χ1n) is 8.46. The van der Waals surface area contributed by atoms with Gasteiger partial charge in [0.25, 0.3) is 0 Å². The molecule has 0 heterocycles. The van der Waals surface area contributed by atoms with E-state index < -0.39 is 17.8 Å². The second-order valence-corrected chi connectivity index (χ2v) is 5.93. The van der Waals surface area contributed by atoms with Crippen LogP contribution < -0.4 is 10.1 Å². The number of benzene rings is 2. The molecule has 11 heteroatoms. The summed E-state index contributed by atoms with van der Waals surface area (Å²) in [7, 11) is 0. The van der Waals surface area contributed by atoms with E-state index in [4.69, 9.17) is 19.9 Å². The SMILES string of the molecule is C/C(=N\OCc1ccc(C(F)(F)F)cc1)c1ccc(OC/C(=N\O)NC(=O)O)cc1. The smallest absolute Gasteiger partial charge is 0.416 e. The van der Waals surface area contributed by atoms with E-state index in [2.05, 4.69) is 10.3 Å². The fraction of sp³-hybridized carbons (Fsp3) is 0.211. The maximum Gasteiger partial charge on any atom is 0.416 e. The molecule has 0 saturated heterocycles. The molecule has 0 aromatic heterocycles. The van der Waals surface area contributed by atoms with E-state index in [9.17, 15) is 18.0 Å². The number of nitrogens with one attached hydrogen (secondary N) is 1. The molecule has 0 unspecified atom stereocenters. The monoisotopic (exact) mass is 425 g/mol. The summed E-state index contributed by atoms with van der Waals surface area (Å²) in [6.45, 7) is 1.41. The highest BCUT2D eigenvalue weighted by molar-refractivity contribution is 5.98. The number of hydrogen-bond donors (Lipinski definition) is 3. The summed E-state index contributed by atoms with van der Waals surface area (Å²) in [6.07, 6.45) is -5.77. The van der Waals surface area contributed by atoms with Crippen molar-refractivity contribution in [2.24, 2.45) is 10.3 Å². The van der Waals surface area contributed by atoms with Crippen LogP contribution in [0.2, 0.25) is 0 Å². The highest BCUT2D eigenvalue weighted by Crippen LogP contribution is 2.29. The van der Waals surface area contributed by atoms with Crippen LogP contribution in [0, 0.1) is 0 Å². The highest BCUT2D eigenvalue weighted by atomic mass is 19.4. The number of oxime groups is 2. The van der Waals surface area contributed by atoms with E-state index in [0.717, 1.165) is 12.1 Å². The third-order valence-electron chi connectivity index (χ3n) is 3.73. The number of amides is 1. The van der Waals surface area contributed by atoms with Crippen LogP contribution in [0.15, 0.2) is 58.8 Å². The van der Waals surface area contributed by atoms with E-state index in [1.807, 2.05) is 5.32 Å². The molecule has 0 spiro atoms. The first-order chi connectivity index (χ1) is 14.2. The van der Waals surface area contributed by atoms with Gasteiger partial charge < -0.3 is 19.9 Å². The standard InChI is InChI=1S/C19H18F3N3O5/c1-12(25-30-10-13-2-6-15(7-3-13)19(20,21)22)14-4-8-16(9-5-14)29-11-17(24-28)23-18(26)27/h2-9,28H,10-11H2,1H3,(H,23,24)(H,26,27)/b25-12+. The molecule has 0 fully saturated rings. The van der Waals surface area contributed by atoms with Crippen LogP contribution in [-0.4, -0.2) is 34.6 Å². The van der Waals surface area contributed by atoms with Crippen molar-refractivity contribution in [1.82, 2.24) is 5.32 Å². The van der Waals surface area contributed by atoms with Gasteiger partial charge in [0.15, 0.2) is 5.84 Å². The van der Waals surface area contributed by atoms with Gasteiger partial charge >= 0.3 is 12.3 Å². The quantitative estimate of drug-likeness (QED) is 0.268. The predicted molar refractivity (Wildman–Crippen MR) is 101 cm³/mol. The number of carboxylic acid groups (broad SMARTS) is 1. The molecular formula is C19H18F3N3O5. The Morgan fingerprint density at radius 3 is 2.27 bits per heavy atom. The molecule has 8 nitrogen and oxygen atoms in total. The van der Waals surface area contributed by atoms with Gasteiger partial charge in [0.1, 0.15) is 19.0 Å². The molecule has 0 aliphatic rings. The molecule has 3 N–H and O–H groups in total. The topological polar surface area (TPSA) is 113 Å². The minimum atomic E-state index is -4.39. The van der Waals surface area contributed by atoms with Gasteiger partial charge in [0, 0.05) is 0 Å². The van der Waals surface area contributed by atoms with E-state index >= 15 is 0 Å². The van der Waals surface area contributed by atoms with Crippen molar-refractivity contribution in [3.05, 3.63) is 65.2 Å². The van der Waals surface area contributed by atoms with Crippen LogP contribution in [0.4, 0.5) is 18.0 Å². The van der Waals surface area contributed by atoms with Gasteiger partial charge in [-0.2, -0.15) is 13.2 Å². The number of ether oxygens (including phenoxy) is 1. The zero-order chi connectivity index (χ0) is 22.1. The van der Waals surface area contributed by atoms with E-state index in [1.165, 1.54) is 12.1 Å². The number of rotatable bonds is 7. The molecule has 0 aliphatic carbocycles. The lowest BCUT2D eigenvalue weighted by Crippen LogP contribution is -2.33. The number of carbonyl (C=O) groups is 1. The third kappa shape index (κ3) is 7.00. The van der Waals surface area contributed by atoms with Crippen LogP contribution in [0.1, 0.15) is 23.6 Å². The fourth-order valence-electron chi connectivity index (χ4n) is 2.20. The first-order valence-corrected chi connectivity index (χ1v) is 8.46. The van der Waals surface area contributed by atoms with Gasteiger partial charge in [-0.1, -0.05) is 22.4 Å². The molecule has 0 saturated carbocycles. The normalized spacial score (nSPS) is 12.4. The first kappa shape index (κ1) is 22.5. The second kappa shape index (κ2) is 10.1. The Bertz CT molecular complexity index is 911. The largest absolute Gasteiger partial charge is 0.486 e. The summed E-state index contributed by atoms with van der Waals surface area (Å²) < 4.78 is 42.9. The van der Waals surface area contributed by atoms with Gasteiger partial charge in [-0.3, -0.25) is 5.32 Å². The predicted octanol–water partition coefficient (Wildman–Crippen LogP) is 4.08. The van der Waals surface area contributed by atoms with Crippen LogP contribution in [-0.2, 0) is 17.6 Å². The van der Waals surface area contributed by atoms with Crippen LogP contribution in [0.3, 0.4) is 0 Å². The minimum absolute atomic E-state index is 0.0104. The molecule has 0 radical (unpaired) electrons. The molecule has 160 valence electrons. The maximum absolute atomic E-state index is 12.5. The van der Waals surface area contributed by atoms with E-state index in [-0.39, 0.29) is 19.0 Å². The highest BCUT2D eigenvalue weighted by Gasteiger charge is 2.29. The van der Waals surface area contributed by atoms with Crippen LogP contribution >= 0.6 is 0 Å². The van der Waals surface area contributed by atoms with Crippen molar-refractivity contribution < 1.29 is 37.9 Å². The lowest BCUT2D eigenvalue weighted by atomic mass is 10.1. The summed E-state index contributed by atoms with van der Waals surface area (Å²) in [5.41, 5.74) is 1.04. The van der Waals surface area contributed by atoms with Crippen molar-refractivity contribution >= 4 is 17.6 Å². The Labute approximate surface area is 169 Å². The lowest BCUT2D eigenvalue weighted by Gasteiger charge is -2.08. The average Bonchev–Trinajstić information content (AvgIpc) is 2.71. The summed E-state index contributed by atoms with van der Waals surface area (Å²) in [4.78, 5) is 15.7. The van der Waals surface area contributed by atoms with E-state index in [0.29, 0.717) is 22.6 Å². The fourth-order valence-corrected chi connectivity index (χ4v) is 2.20. The molecule has 2 rings (SSSR count). The second-order valence-electron chi connectivity index (χ2n) is 5.93. The number of amidine groups is 1. The van der Waals surface area contributed by atoms with E-state index in [1.54, 1.807) is 31.2 Å². The molecule has 30 heavy (non-hydrogen) atoms. The molecule has 0 atom stereocenters. The van der Waals surface area contributed by atoms with Crippen molar-refractivity contribution in [2.75, 3.05) is 6.61 Å². The van der Waals surface area contributed by atoms with Gasteiger partial charge in [0.2, 0.25) is 0 Å². The Balaban J connectivity index is 1.88. The molecule has 2 aromatic rings. The summed E-state index contributed by atoms with van der Waals surface area (Å²) in [5, 5.41) is 25.8. The Kier molecular flexibility index (Phi) is 7.62. The van der Waals surface area contributed by atoms with Gasteiger partial charge in [-0.05, 0) is 54.4 Å². The lowest BCUT2D eigenvalue weighted by molar-refractivity contribution is -0.137. The number of alkyl halides is 3. The zero-order valence-electron chi connectivity index (χ0n) is 15.7. The summed E-state index contributed by atoms with van der Waals surface area (Å²) in [5.74, 6) is 0.117. The van der Waals surface area contributed by atoms with Crippen molar-refractivity contribution in [3.8, 4) is 5.75 Å². The molecule has 0 aliphatic heterocycles. The zero-order valence-corrected chi connectivity index (χ0v) is 15.7. The summed E-state index contributed by atoms with van der Waals surface area (Å²) in [6, 6.07) is 11.2. The van der Waals surface area contributed by atoms with Gasteiger partial charge in [-0.15, -0.1) is 0 Å². The third-order valence-corrected chi connectivity index (χ3v) is 3.73. The minimum Gasteiger partial charge on any atom is -0.486 e. The molecule has 1 amide bonds. The van der Waals surface area contributed by atoms with Crippen LogP contribution in [0.25, 0.3) is 0 Å².